The van der Waals surface area contributed by atoms with Gasteiger partial charge in [0.05, 0.1) is 6.61 Å². The third kappa shape index (κ3) is 1.57. The molecule has 0 fully saturated rings. The Morgan fingerprint density at radius 3 is 3.12 bits per heavy atom. The third-order valence-corrected chi connectivity index (χ3v) is 2.23. The Bertz CT molecular complexity index is 552. The van der Waals surface area contributed by atoms with Crippen LogP contribution < -0.4 is 4.73 Å². The number of esters is 1. The number of carbonyl (C=O) groups is 1. The van der Waals surface area contributed by atoms with Crippen molar-refractivity contribution in [2.24, 2.45) is 0 Å². The number of hydrogen-bond donors (Lipinski definition) is 1. The minimum absolute atomic E-state index is 0.0428. The highest BCUT2D eigenvalue weighted by Gasteiger charge is 2.29. The van der Waals surface area contributed by atoms with Gasteiger partial charge < -0.3 is 9.26 Å². The van der Waals surface area contributed by atoms with Crippen molar-refractivity contribution in [3.05, 3.63) is 23.0 Å². The van der Waals surface area contributed by atoms with Crippen molar-refractivity contribution in [1.82, 2.24) is 5.16 Å². The first-order valence-corrected chi connectivity index (χ1v) is 4.89. The van der Waals surface area contributed by atoms with Crippen LogP contribution >= 0.6 is 11.6 Å². The number of rotatable bonds is 2. The molecule has 16 heavy (non-hydrogen) atoms. The lowest BCUT2D eigenvalue weighted by Crippen LogP contribution is -2.33. The number of carbonyl (C=O) groups excluding carboxylic acids is 1. The molecule has 0 spiro atoms. The van der Waals surface area contributed by atoms with Gasteiger partial charge in [-0.25, -0.2) is 4.79 Å². The van der Waals surface area contributed by atoms with Crippen molar-refractivity contribution < 1.29 is 24.0 Å². The average molecular weight is 244 g/mol. The van der Waals surface area contributed by atoms with E-state index in [-0.39, 0.29) is 28.6 Å². The van der Waals surface area contributed by atoms with E-state index in [9.17, 15) is 10.0 Å². The van der Waals surface area contributed by atoms with Crippen LogP contribution in [0.25, 0.3) is 11.1 Å². The van der Waals surface area contributed by atoms with Crippen LogP contribution in [-0.2, 0) is 4.74 Å². The van der Waals surface area contributed by atoms with Crippen molar-refractivity contribution in [2.45, 2.75) is 6.92 Å². The van der Waals surface area contributed by atoms with Crippen LogP contribution in [0.15, 0.2) is 16.7 Å². The molecule has 0 bridgehead atoms. The summed E-state index contributed by atoms with van der Waals surface area (Å²) in [7, 11) is 0. The minimum atomic E-state index is -0.675. The maximum absolute atomic E-state index is 11.5. The molecule has 0 saturated heterocycles. The molecule has 2 aromatic rings. The van der Waals surface area contributed by atoms with E-state index in [1.807, 2.05) is 0 Å². The van der Waals surface area contributed by atoms with Gasteiger partial charge in [0, 0.05) is 10.8 Å². The standard InChI is InChI=1S/C9H8ClN2O4/c1-2-15-9(13)7-8-5(16-11-7)3-4-6(10)12(8)14/h3-4,14H,2H2,1H3/q+1. The SMILES string of the molecule is CCOC(=O)c1noc2ccc(Cl)[n+](O)c12. The number of hydrogen-bond acceptors (Lipinski definition) is 5. The Kier molecular flexibility index (Phi) is 2.66. The fourth-order valence-corrected chi connectivity index (χ4v) is 1.41. The number of fused-ring (bicyclic) bond motifs is 1. The third-order valence-electron chi connectivity index (χ3n) is 1.95. The summed E-state index contributed by atoms with van der Waals surface area (Å²) in [6.07, 6.45) is 0. The highest BCUT2D eigenvalue weighted by atomic mass is 35.5. The van der Waals surface area contributed by atoms with Crippen LogP contribution in [0.4, 0.5) is 0 Å². The molecule has 0 atom stereocenters. The van der Waals surface area contributed by atoms with E-state index in [0.29, 0.717) is 4.73 Å². The minimum Gasteiger partial charge on any atom is -0.461 e. The predicted molar refractivity (Wildman–Crippen MR) is 52.4 cm³/mol. The highest BCUT2D eigenvalue weighted by molar-refractivity contribution is 6.28. The summed E-state index contributed by atoms with van der Waals surface area (Å²) in [5.41, 5.74) is 0.225. The summed E-state index contributed by atoms with van der Waals surface area (Å²) < 4.78 is 10.2. The lowest BCUT2D eigenvalue weighted by molar-refractivity contribution is -0.882. The number of aromatic nitrogens is 2. The van der Waals surface area contributed by atoms with Gasteiger partial charge in [0.1, 0.15) is 0 Å². The largest absolute Gasteiger partial charge is 0.461 e. The van der Waals surface area contributed by atoms with E-state index < -0.39 is 5.97 Å². The van der Waals surface area contributed by atoms with Crippen LogP contribution in [-0.4, -0.2) is 22.9 Å². The molecule has 0 aromatic carbocycles. The van der Waals surface area contributed by atoms with Crippen LogP contribution in [0.1, 0.15) is 17.4 Å². The highest BCUT2D eigenvalue weighted by Crippen LogP contribution is 2.17. The van der Waals surface area contributed by atoms with Crippen LogP contribution in [0, 0.1) is 0 Å². The van der Waals surface area contributed by atoms with Gasteiger partial charge in [-0.1, -0.05) is 5.16 Å². The molecule has 0 saturated carbocycles. The average Bonchev–Trinajstić information content (AvgIpc) is 2.68. The van der Waals surface area contributed by atoms with Crippen molar-refractivity contribution >= 4 is 28.7 Å². The van der Waals surface area contributed by atoms with Crippen LogP contribution in [0.2, 0.25) is 5.15 Å². The Hall–Kier alpha value is -1.82. The van der Waals surface area contributed by atoms with Crippen LogP contribution in [0.5, 0.6) is 0 Å². The fraction of sp³-hybridized carbons (Fsp3) is 0.222. The van der Waals surface area contributed by atoms with Gasteiger partial charge in [0.25, 0.3) is 5.69 Å². The molecule has 1 N–H and O–H groups in total. The molecular weight excluding hydrogens is 236 g/mol. The first-order valence-electron chi connectivity index (χ1n) is 4.51. The zero-order chi connectivity index (χ0) is 11.7. The summed E-state index contributed by atoms with van der Waals surface area (Å²) in [4.78, 5) is 11.5. The number of ether oxygens (including phenoxy) is 1. The lowest BCUT2D eigenvalue weighted by atomic mass is 10.3. The second-order valence-corrected chi connectivity index (χ2v) is 3.32. The van der Waals surface area contributed by atoms with Crippen molar-refractivity contribution in [3.63, 3.8) is 0 Å². The maximum Gasteiger partial charge on any atom is 0.367 e. The summed E-state index contributed by atoms with van der Waals surface area (Å²) in [5, 5.41) is 13.2. The first kappa shape index (κ1) is 10.7. The molecule has 0 aliphatic carbocycles. The smallest absolute Gasteiger partial charge is 0.367 e. The summed E-state index contributed by atoms with van der Waals surface area (Å²) in [6, 6.07) is 2.92. The summed E-state index contributed by atoms with van der Waals surface area (Å²) >= 11 is 5.69. The van der Waals surface area contributed by atoms with E-state index in [1.165, 1.54) is 12.1 Å². The van der Waals surface area contributed by atoms with Gasteiger partial charge in [-0.15, -0.1) is 0 Å². The first-order chi connectivity index (χ1) is 7.65. The van der Waals surface area contributed by atoms with Crippen molar-refractivity contribution in [3.8, 4) is 0 Å². The monoisotopic (exact) mass is 243 g/mol. The molecule has 0 unspecified atom stereocenters. The Morgan fingerprint density at radius 1 is 1.69 bits per heavy atom. The van der Waals surface area contributed by atoms with E-state index in [1.54, 1.807) is 6.92 Å². The Balaban J connectivity index is 2.63. The fourth-order valence-electron chi connectivity index (χ4n) is 1.27. The number of halogens is 1. The van der Waals surface area contributed by atoms with Crippen molar-refractivity contribution in [1.29, 1.82) is 0 Å². The van der Waals surface area contributed by atoms with Gasteiger partial charge in [-0.05, 0) is 24.6 Å². The van der Waals surface area contributed by atoms with E-state index in [0.717, 1.165) is 0 Å². The van der Waals surface area contributed by atoms with Crippen molar-refractivity contribution in [2.75, 3.05) is 6.61 Å². The molecule has 6 nitrogen and oxygen atoms in total. The normalized spacial score (nSPS) is 10.6. The van der Waals surface area contributed by atoms with Gasteiger partial charge >= 0.3 is 16.6 Å². The van der Waals surface area contributed by atoms with Crippen LogP contribution in [0.3, 0.4) is 0 Å². The van der Waals surface area contributed by atoms with Gasteiger partial charge in [-0.3, -0.25) is 5.21 Å². The number of nitrogens with zero attached hydrogens (tertiary/aromatic N) is 2. The topological polar surface area (TPSA) is 76.4 Å². The zero-order valence-corrected chi connectivity index (χ0v) is 9.06. The van der Waals surface area contributed by atoms with Gasteiger partial charge in [0.15, 0.2) is 0 Å². The quantitative estimate of drug-likeness (QED) is 0.371. The number of pyridine rings is 1. The molecule has 0 aliphatic heterocycles. The van der Waals surface area contributed by atoms with Gasteiger partial charge in [0.2, 0.25) is 5.58 Å². The molecule has 2 heterocycles. The lowest BCUT2D eigenvalue weighted by Gasteiger charge is -1.95. The van der Waals surface area contributed by atoms with E-state index in [4.69, 9.17) is 20.9 Å². The summed E-state index contributed by atoms with van der Waals surface area (Å²) in [5.74, 6) is -0.675. The molecule has 0 radical (unpaired) electrons. The predicted octanol–water partition coefficient (Wildman–Crippen LogP) is 1.18. The molecule has 0 aliphatic rings. The molecule has 84 valence electrons. The zero-order valence-electron chi connectivity index (χ0n) is 8.31. The van der Waals surface area contributed by atoms with E-state index in [2.05, 4.69) is 5.16 Å². The maximum atomic E-state index is 11.5. The second kappa shape index (κ2) is 3.97. The molecule has 7 heteroatoms. The Labute approximate surface area is 94.9 Å². The second-order valence-electron chi connectivity index (χ2n) is 2.93. The molecular formula is C9H8ClN2O4+. The molecule has 0 amide bonds. The van der Waals surface area contributed by atoms with E-state index >= 15 is 0 Å². The molecule has 2 rings (SSSR count). The molecule has 2 aromatic heterocycles. The van der Waals surface area contributed by atoms with Gasteiger partial charge in [-0.2, -0.15) is 0 Å². The Morgan fingerprint density at radius 2 is 2.44 bits per heavy atom. The summed E-state index contributed by atoms with van der Waals surface area (Å²) in [6.45, 7) is 1.87.